The van der Waals surface area contributed by atoms with E-state index in [1.54, 1.807) is 0 Å². The molecule has 0 amide bonds. The fraction of sp³-hybridized carbons (Fsp3) is 0.647. The van der Waals surface area contributed by atoms with Gasteiger partial charge in [0.25, 0.3) is 0 Å². The van der Waals surface area contributed by atoms with Crippen molar-refractivity contribution in [3.05, 3.63) is 22.4 Å². The maximum atomic E-state index is 9.45. The fourth-order valence-electron chi connectivity index (χ4n) is 3.67. The lowest BCUT2D eigenvalue weighted by atomic mass is 9.86. The third-order valence-electron chi connectivity index (χ3n) is 4.62. The monoisotopic (exact) mass is 269 g/mol. The van der Waals surface area contributed by atoms with Crippen LogP contribution in [0.3, 0.4) is 0 Å². The maximum Gasteiger partial charge on any atom is 0.146 e. The number of fused-ring (bicyclic) bond motifs is 1. The number of rotatable bonds is 3. The first-order valence-electron chi connectivity index (χ1n) is 8.04. The molecular formula is C17H23N3. The molecule has 0 radical (unpaired) electrons. The van der Waals surface area contributed by atoms with Gasteiger partial charge in [0.05, 0.1) is 0 Å². The molecular weight excluding hydrogens is 246 g/mol. The summed E-state index contributed by atoms with van der Waals surface area (Å²) in [7, 11) is 0. The molecule has 1 aromatic rings. The number of pyridine rings is 1. The largest absolute Gasteiger partial charge is 0.356 e. The van der Waals surface area contributed by atoms with Gasteiger partial charge in [-0.25, -0.2) is 4.98 Å². The smallest absolute Gasteiger partial charge is 0.146 e. The highest BCUT2D eigenvalue weighted by Gasteiger charge is 2.25. The molecule has 2 aliphatic rings. The molecule has 106 valence electrons. The number of anilines is 1. The zero-order chi connectivity index (χ0) is 13.9. The average Bonchev–Trinajstić information content (AvgIpc) is 3.02. The van der Waals surface area contributed by atoms with Gasteiger partial charge in [-0.05, 0) is 61.6 Å². The van der Waals surface area contributed by atoms with Crippen molar-refractivity contribution in [2.45, 2.75) is 58.3 Å². The quantitative estimate of drug-likeness (QED) is 0.844. The molecule has 3 heteroatoms. The van der Waals surface area contributed by atoms with E-state index in [2.05, 4.69) is 17.9 Å². The van der Waals surface area contributed by atoms with Crippen LogP contribution in [-0.4, -0.2) is 18.1 Å². The van der Waals surface area contributed by atoms with E-state index in [0.717, 1.165) is 44.6 Å². The van der Waals surface area contributed by atoms with Gasteiger partial charge in [0, 0.05) is 13.1 Å². The second-order valence-electron chi connectivity index (χ2n) is 5.98. The van der Waals surface area contributed by atoms with E-state index >= 15 is 0 Å². The first kappa shape index (κ1) is 13.4. The zero-order valence-electron chi connectivity index (χ0n) is 12.4. The summed E-state index contributed by atoms with van der Waals surface area (Å²) in [6.07, 6.45) is 9.42. The molecule has 1 saturated heterocycles. The molecule has 0 bridgehead atoms. The SMILES string of the molecule is CCCc1c(N2CCCC2)nc(C#N)c2c1CCCC2. The second kappa shape index (κ2) is 5.83. The summed E-state index contributed by atoms with van der Waals surface area (Å²) < 4.78 is 0. The maximum absolute atomic E-state index is 9.45. The second-order valence-corrected chi connectivity index (χ2v) is 5.98. The summed E-state index contributed by atoms with van der Waals surface area (Å²) in [6.45, 7) is 4.45. The van der Waals surface area contributed by atoms with Gasteiger partial charge in [0.1, 0.15) is 17.6 Å². The Bertz CT molecular complexity index is 536. The molecule has 1 aliphatic carbocycles. The van der Waals surface area contributed by atoms with Crippen LogP contribution in [0.4, 0.5) is 5.82 Å². The molecule has 0 N–H and O–H groups in total. The van der Waals surface area contributed by atoms with Gasteiger partial charge in [-0.2, -0.15) is 5.26 Å². The Hall–Kier alpha value is -1.56. The average molecular weight is 269 g/mol. The predicted octanol–water partition coefficient (Wildman–Crippen LogP) is 3.38. The van der Waals surface area contributed by atoms with Crippen LogP contribution in [0.15, 0.2) is 0 Å². The van der Waals surface area contributed by atoms with Crippen LogP contribution >= 0.6 is 0 Å². The summed E-state index contributed by atoms with van der Waals surface area (Å²) >= 11 is 0. The molecule has 1 aliphatic heterocycles. The molecule has 0 unspecified atom stereocenters. The Morgan fingerprint density at radius 1 is 1.10 bits per heavy atom. The van der Waals surface area contributed by atoms with E-state index < -0.39 is 0 Å². The zero-order valence-corrected chi connectivity index (χ0v) is 12.4. The van der Waals surface area contributed by atoms with Crippen LogP contribution in [0.2, 0.25) is 0 Å². The normalized spacial score (nSPS) is 17.9. The van der Waals surface area contributed by atoms with Crippen molar-refractivity contribution in [1.29, 1.82) is 5.26 Å². The van der Waals surface area contributed by atoms with Crippen LogP contribution in [-0.2, 0) is 19.3 Å². The van der Waals surface area contributed by atoms with Crippen molar-refractivity contribution in [3.8, 4) is 6.07 Å². The molecule has 1 aromatic heterocycles. The summed E-state index contributed by atoms with van der Waals surface area (Å²) in [4.78, 5) is 7.17. The Morgan fingerprint density at radius 2 is 1.80 bits per heavy atom. The van der Waals surface area contributed by atoms with Gasteiger partial charge in [-0.3, -0.25) is 0 Å². The number of aromatic nitrogens is 1. The Labute approximate surface area is 121 Å². The molecule has 2 heterocycles. The molecule has 3 rings (SSSR count). The predicted molar refractivity (Wildman–Crippen MR) is 81.0 cm³/mol. The van der Waals surface area contributed by atoms with Crippen molar-refractivity contribution in [3.63, 3.8) is 0 Å². The van der Waals surface area contributed by atoms with Gasteiger partial charge < -0.3 is 4.90 Å². The third-order valence-corrected chi connectivity index (χ3v) is 4.62. The van der Waals surface area contributed by atoms with Gasteiger partial charge in [-0.15, -0.1) is 0 Å². The van der Waals surface area contributed by atoms with E-state index in [1.807, 2.05) is 0 Å². The van der Waals surface area contributed by atoms with E-state index in [4.69, 9.17) is 4.98 Å². The number of nitrogens with zero attached hydrogens (tertiary/aromatic N) is 3. The van der Waals surface area contributed by atoms with E-state index in [0.29, 0.717) is 5.69 Å². The van der Waals surface area contributed by atoms with Crippen molar-refractivity contribution < 1.29 is 0 Å². The lowest BCUT2D eigenvalue weighted by Gasteiger charge is -2.27. The van der Waals surface area contributed by atoms with E-state index in [1.165, 1.54) is 42.4 Å². The summed E-state index contributed by atoms with van der Waals surface area (Å²) in [6, 6.07) is 2.35. The highest BCUT2D eigenvalue weighted by molar-refractivity contribution is 5.58. The minimum Gasteiger partial charge on any atom is -0.356 e. The van der Waals surface area contributed by atoms with Crippen molar-refractivity contribution in [1.82, 2.24) is 4.98 Å². The van der Waals surface area contributed by atoms with Crippen molar-refractivity contribution in [2.24, 2.45) is 0 Å². The van der Waals surface area contributed by atoms with Crippen molar-refractivity contribution in [2.75, 3.05) is 18.0 Å². The van der Waals surface area contributed by atoms with Gasteiger partial charge in [0.2, 0.25) is 0 Å². The number of hydrogen-bond donors (Lipinski definition) is 0. The van der Waals surface area contributed by atoms with E-state index in [-0.39, 0.29) is 0 Å². The molecule has 3 nitrogen and oxygen atoms in total. The summed E-state index contributed by atoms with van der Waals surface area (Å²) in [5.41, 5.74) is 4.86. The van der Waals surface area contributed by atoms with Gasteiger partial charge >= 0.3 is 0 Å². The lowest BCUT2D eigenvalue weighted by molar-refractivity contribution is 0.667. The minimum absolute atomic E-state index is 0.696. The molecule has 0 spiro atoms. The lowest BCUT2D eigenvalue weighted by Crippen LogP contribution is -2.24. The molecule has 20 heavy (non-hydrogen) atoms. The standard InChI is InChI=1S/C17H23N3/c1-2-7-15-13-8-3-4-9-14(13)16(12-18)19-17(15)20-10-5-6-11-20/h2-11H2,1H3. The molecule has 0 saturated carbocycles. The van der Waals surface area contributed by atoms with Crippen molar-refractivity contribution >= 4 is 5.82 Å². The summed E-state index contributed by atoms with van der Waals surface area (Å²) in [5, 5.41) is 9.45. The Balaban J connectivity index is 2.14. The number of hydrogen-bond acceptors (Lipinski definition) is 3. The first-order valence-corrected chi connectivity index (χ1v) is 8.04. The Kier molecular flexibility index (Phi) is 3.91. The van der Waals surface area contributed by atoms with E-state index in [9.17, 15) is 5.26 Å². The highest BCUT2D eigenvalue weighted by Crippen LogP contribution is 2.34. The van der Waals surface area contributed by atoms with Crippen LogP contribution in [0.1, 0.15) is 61.4 Å². The highest BCUT2D eigenvalue weighted by atomic mass is 15.2. The Morgan fingerprint density at radius 3 is 2.45 bits per heavy atom. The minimum atomic E-state index is 0.696. The van der Waals surface area contributed by atoms with Gasteiger partial charge in [-0.1, -0.05) is 13.3 Å². The molecule has 1 fully saturated rings. The number of nitriles is 1. The third kappa shape index (κ3) is 2.28. The fourth-order valence-corrected chi connectivity index (χ4v) is 3.67. The van der Waals surface area contributed by atoms with Crippen LogP contribution in [0.5, 0.6) is 0 Å². The molecule has 0 aromatic carbocycles. The molecule has 0 atom stereocenters. The summed E-state index contributed by atoms with van der Waals surface area (Å²) in [5.74, 6) is 1.13. The van der Waals surface area contributed by atoms with Crippen LogP contribution in [0.25, 0.3) is 0 Å². The topological polar surface area (TPSA) is 39.9 Å². The van der Waals surface area contributed by atoms with Crippen LogP contribution < -0.4 is 4.90 Å². The first-order chi connectivity index (χ1) is 9.85. The van der Waals surface area contributed by atoms with Crippen LogP contribution in [0, 0.1) is 11.3 Å². The van der Waals surface area contributed by atoms with Gasteiger partial charge in [0.15, 0.2) is 0 Å².